The second-order valence-electron chi connectivity index (χ2n) is 5.91. The molecule has 0 aromatic heterocycles. The van der Waals surface area contributed by atoms with Gasteiger partial charge in [0.2, 0.25) is 0 Å². The fourth-order valence-electron chi connectivity index (χ4n) is 2.50. The summed E-state index contributed by atoms with van der Waals surface area (Å²) in [5, 5.41) is 3.78. The van der Waals surface area contributed by atoms with E-state index in [1.54, 1.807) is 0 Å². The Bertz CT molecular complexity index is 468. The van der Waals surface area contributed by atoms with E-state index in [9.17, 15) is 0 Å². The third-order valence-corrected chi connectivity index (χ3v) is 3.73. The molecule has 0 aliphatic rings. The Morgan fingerprint density at radius 2 is 1.33 bits per heavy atom. The van der Waals surface area contributed by atoms with Crippen molar-refractivity contribution in [3.05, 3.63) is 71.8 Å². The summed E-state index contributed by atoms with van der Waals surface area (Å²) in [6, 6.07) is 22.1. The molecule has 0 amide bonds. The van der Waals surface area contributed by atoms with Crippen LogP contribution >= 0.6 is 0 Å². The highest BCUT2D eigenvalue weighted by Gasteiger charge is 2.16. The van der Waals surface area contributed by atoms with Gasteiger partial charge in [0.05, 0.1) is 6.04 Å². The summed E-state index contributed by atoms with van der Waals surface area (Å²) in [6.45, 7) is 3.37. The molecule has 2 heteroatoms. The Balaban J connectivity index is 2.13. The molecule has 0 saturated heterocycles. The lowest BCUT2D eigenvalue weighted by Gasteiger charge is -2.25. The molecule has 2 aromatic rings. The van der Waals surface area contributed by atoms with Crippen molar-refractivity contribution in [2.75, 3.05) is 20.6 Å². The first-order valence-corrected chi connectivity index (χ1v) is 7.67. The van der Waals surface area contributed by atoms with Crippen LogP contribution in [0.5, 0.6) is 0 Å². The first-order valence-electron chi connectivity index (χ1n) is 7.67. The van der Waals surface area contributed by atoms with Crippen LogP contribution in [0, 0.1) is 0 Å². The van der Waals surface area contributed by atoms with Crippen LogP contribution in [-0.2, 0) is 0 Å². The zero-order valence-electron chi connectivity index (χ0n) is 13.3. The van der Waals surface area contributed by atoms with Gasteiger partial charge in [-0.3, -0.25) is 0 Å². The lowest BCUT2D eigenvalue weighted by atomic mass is 9.97. The van der Waals surface area contributed by atoms with Gasteiger partial charge in [-0.1, -0.05) is 60.7 Å². The summed E-state index contributed by atoms with van der Waals surface area (Å²) in [6.07, 6.45) is 1.14. The zero-order chi connectivity index (χ0) is 15.1. The van der Waals surface area contributed by atoms with Gasteiger partial charge in [0.1, 0.15) is 0 Å². The van der Waals surface area contributed by atoms with Crippen LogP contribution < -0.4 is 5.32 Å². The Hall–Kier alpha value is -1.64. The van der Waals surface area contributed by atoms with E-state index in [2.05, 4.69) is 91.9 Å². The lowest BCUT2D eigenvalue weighted by Crippen LogP contribution is -2.33. The van der Waals surface area contributed by atoms with Crippen LogP contribution in [0.15, 0.2) is 60.7 Å². The molecule has 0 radical (unpaired) electrons. The van der Waals surface area contributed by atoms with E-state index in [0.717, 1.165) is 13.0 Å². The smallest absolute Gasteiger partial charge is 0.0578 e. The predicted molar refractivity (Wildman–Crippen MR) is 90.5 cm³/mol. The van der Waals surface area contributed by atoms with Crippen LogP contribution in [0.3, 0.4) is 0 Å². The quantitative estimate of drug-likeness (QED) is 0.833. The molecule has 1 atom stereocenters. The molecule has 0 aliphatic carbocycles. The molecule has 21 heavy (non-hydrogen) atoms. The van der Waals surface area contributed by atoms with Crippen molar-refractivity contribution < 1.29 is 0 Å². The fourth-order valence-corrected chi connectivity index (χ4v) is 2.50. The van der Waals surface area contributed by atoms with Gasteiger partial charge < -0.3 is 10.2 Å². The van der Waals surface area contributed by atoms with Gasteiger partial charge in [-0.15, -0.1) is 0 Å². The number of rotatable bonds is 7. The number of benzene rings is 2. The van der Waals surface area contributed by atoms with Gasteiger partial charge in [-0.2, -0.15) is 0 Å². The van der Waals surface area contributed by atoms with E-state index >= 15 is 0 Å². The molecule has 2 rings (SSSR count). The summed E-state index contributed by atoms with van der Waals surface area (Å²) in [5.41, 5.74) is 2.64. The van der Waals surface area contributed by atoms with Crippen LogP contribution in [0.25, 0.3) is 0 Å². The first-order chi connectivity index (χ1) is 10.2. The topological polar surface area (TPSA) is 15.3 Å². The highest BCUT2D eigenvalue weighted by atomic mass is 15.1. The molecule has 1 unspecified atom stereocenters. The highest BCUT2D eigenvalue weighted by molar-refractivity contribution is 5.31. The lowest BCUT2D eigenvalue weighted by molar-refractivity contribution is 0.358. The molecule has 0 bridgehead atoms. The maximum atomic E-state index is 3.78. The minimum Gasteiger partial charge on any atom is -0.309 e. The normalized spacial score (nSPS) is 12.8. The zero-order valence-corrected chi connectivity index (χ0v) is 13.3. The number of nitrogens with zero attached hydrogens (tertiary/aromatic N) is 1. The maximum absolute atomic E-state index is 3.78. The largest absolute Gasteiger partial charge is 0.309 e. The summed E-state index contributed by atoms with van der Waals surface area (Å²) in [4.78, 5) is 2.23. The highest BCUT2D eigenvalue weighted by Crippen LogP contribution is 2.22. The average molecular weight is 282 g/mol. The molecule has 112 valence electrons. The van der Waals surface area contributed by atoms with Crippen molar-refractivity contribution in [1.29, 1.82) is 0 Å². The molecule has 0 saturated carbocycles. The summed E-state index contributed by atoms with van der Waals surface area (Å²) < 4.78 is 0. The summed E-state index contributed by atoms with van der Waals surface area (Å²) >= 11 is 0. The van der Waals surface area contributed by atoms with E-state index in [0.29, 0.717) is 6.04 Å². The second-order valence-corrected chi connectivity index (χ2v) is 5.91. The van der Waals surface area contributed by atoms with E-state index in [-0.39, 0.29) is 6.04 Å². The van der Waals surface area contributed by atoms with E-state index < -0.39 is 0 Å². The third-order valence-electron chi connectivity index (χ3n) is 3.73. The average Bonchev–Trinajstić information content (AvgIpc) is 2.52. The Morgan fingerprint density at radius 3 is 1.76 bits per heavy atom. The van der Waals surface area contributed by atoms with Gasteiger partial charge in [-0.05, 0) is 45.1 Å². The van der Waals surface area contributed by atoms with Crippen LogP contribution in [0.4, 0.5) is 0 Å². The van der Waals surface area contributed by atoms with Crippen molar-refractivity contribution in [2.45, 2.75) is 25.4 Å². The van der Waals surface area contributed by atoms with Crippen LogP contribution in [0.2, 0.25) is 0 Å². The van der Waals surface area contributed by atoms with Gasteiger partial charge in [0, 0.05) is 6.04 Å². The summed E-state index contributed by atoms with van der Waals surface area (Å²) in [7, 11) is 4.25. The van der Waals surface area contributed by atoms with Crippen molar-refractivity contribution >= 4 is 0 Å². The Morgan fingerprint density at radius 1 is 0.857 bits per heavy atom. The van der Waals surface area contributed by atoms with Crippen molar-refractivity contribution in [3.63, 3.8) is 0 Å². The Kier molecular flexibility index (Phi) is 5.97. The van der Waals surface area contributed by atoms with Gasteiger partial charge in [0.25, 0.3) is 0 Å². The molecule has 2 nitrogen and oxygen atoms in total. The molecular formula is C19H26N2. The minimum atomic E-state index is 0.254. The van der Waals surface area contributed by atoms with Gasteiger partial charge in [0.15, 0.2) is 0 Å². The number of nitrogens with one attached hydrogen (secondary N) is 1. The second kappa shape index (κ2) is 7.96. The van der Waals surface area contributed by atoms with Crippen molar-refractivity contribution in [3.8, 4) is 0 Å². The van der Waals surface area contributed by atoms with E-state index in [1.165, 1.54) is 11.1 Å². The third kappa shape index (κ3) is 5.00. The SMILES string of the molecule is CC(CCN(C)C)NC(c1ccccc1)c1ccccc1. The molecular weight excluding hydrogens is 256 g/mol. The molecule has 0 spiro atoms. The molecule has 0 aliphatic heterocycles. The van der Waals surface area contributed by atoms with Crippen LogP contribution in [0.1, 0.15) is 30.5 Å². The Labute approximate surface area is 128 Å². The standard InChI is InChI=1S/C19H26N2/c1-16(14-15-21(2)3)20-19(17-10-6-4-7-11-17)18-12-8-5-9-13-18/h4-13,16,19-20H,14-15H2,1-3H3. The van der Waals surface area contributed by atoms with Crippen LogP contribution in [-0.4, -0.2) is 31.6 Å². The van der Waals surface area contributed by atoms with E-state index in [1.807, 2.05) is 0 Å². The molecule has 1 N–H and O–H groups in total. The number of hydrogen-bond donors (Lipinski definition) is 1. The monoisotopic (exact) mass is 282 g/mol. The fraction of sp³-hybridized carbons (Fsp3) is 0.368. The summed E-state index contributed by atoms with van der Waals surface area (Å²) in [5.74, 6) is 0. The number of hydrogen-bond acceptors (Lipinski definition) is 2. The maximum Gasteiger partial charge on any atom is 0.0578 e. The predicted octanol–water partition coefficient (Wildman–Crippen LogP) is 3.71. The van der Waals surface area contributed by atoms with Crippen molar-refractivity contribution in [2.24, 2.45) is 0 Å². The molecule has 0 heterocycles. The first kappa shape index (κ1) is 15.7. The van der Waals surface area contributed by atoms with E-state index in [4.69, 9.17) is 0 Å². The van der Waals surface area contributed by atoms with Gasteiger partial charge in [-0.25, -0.2) is 0 Å². The molecule has 0 fully saturated rings. The van der Waals surface area contributed by atoms with Crippen molar-refractivity contribution in [1.82, 2.24) is 10.2 Å². The minimum absolute atomic E-state index is 0.254. The van der Waals surface area contributed by atoms with Gasteiger partial charge >= 0.3 is 0 Å². The molecule has 2 aromatic carbocycles.